The molecule has 12 heterocycles. The first-order chi connectivity index (χ1) is 67.8. The predicted octanol–water partition coefficient (Wildman–Crippen LogP) is 31.2. The Morgan fingerprint density at radius 2 is 0.406 bits per heavy atom. The lowest BCUT2D eigenvalue weighted by Gasteiger charge is -2.12. The van der Waals surface area contributed by atoms with Gasteiger partial charge in [0.05, 0.1) is 108 Å². The van der Waals surface area contributed by atoms with Crippen LogP contribution in [-0.4, -0.2) is 66.4 Å². The van der Waals surface area contributed by atoms with Gasteiger partial charge in [-0.05, 0) is 167 Å². The van der Waals surface area contributed by atoms with Crippen LogP contribution in [0.5, 0.6) is 0 Å². The number of rotatable bonds is 14. The zero-order valence-electron chi connectivity index (χ0n) is 76.8. The van der Waals surface area contributed by atoms with E-state index in [-0.39, 0.29) is 0 Å². The molecule has 0 saturated carbocycles. The van der Waals surface area contributed by atoms with Gasteiger partial charge in [0.1, 0.15) is 31.7 Å². The molecule has 0 aliphatic rings. The van der Waals surface area contributed by atoms with Crippen LogP contribution >= 0.6 is 45.3 Å². The third kappa shape index (κ3) is 13.9. The summed E-state index contributed by atoms with van der Waals surface area (Å²) >= 11 is 6.96. The summed E-state index contributed by atoms with van der Waals surface area (Å²) in [6, 6.07) is 129. The largest absolute Gasteiger partial charge is 0.343 e. The van der Waals surface area contributed by atoms with Gasteiger partial charge in [-0.25, -0.2) is 29.9 Å². The van der Waals surface area contributed by atoms with E-state index in [2.05, 4.69) is 469 Å². The fourth-order valence-electron chi connectivity index (χ4n) is 21.0. The van der Waals surface area contributed by atoms with Gasteiger partial charge < -0.3 is 36.5 Å². The van der Waals surface area contributed by atoms with Crippen LogP contribution < -0.4 is 0 Å². The van der Waals surface area contributed by atoms with Gasteiger partial charge in [-0.3, -0.25) is 0 Å². The molecule has 138 heavy (non-hydrogen) atoms. The number of para-hydroxylation sites is 14. The van der Waals surface area contributed by atoms with E-state index in [4.69, 9.17) is 29.9 Å². The number of aromatic nitrogens is 14. The van der Waals surface area contributed by atoms with Crippen molar-refractivity contribution in [2.24, 2.45) is 56.4 Å². The lowest BCUT2D eigenvalue weighted by Crippen LogP contribution is -1.98. The fraction of sp³-hybridized carbons (Fsp3) is 0.0667. The Labute approximate surface area is 811 Å². The third-order valence-electron chi connectivity index (χ3n) is 27.5. The fourth-order valence-corrected chi connectivity index (χ4v) is 24.8. The quantitative estimate of drug-likeness (QED) is 0.107. The zero-order valence-corrected chi connectivity index (χ0v) is 80.1. The van der Waals surface area contributed by atoms with Gasteiger partial charge in [0.15, 0.2) is 0 Å². The molecule has 0 radical (unpaired) electrons. The number of fused-ring (bicyclic) bond motifs is 12. The Bertz CT molecular complexity index is 8910. The average Bonchev–Trinajstić information content (AvgIpc) is 1.58. The van der Waals surface area contributed by atoms with Crippen molar-refractivity contribution in [3.8, 4) is 111 Å². The summed E-state index contributed by atoms with van der Waals surface area (Å²) in [4.78, 5) is 30.2. The van der Waals surface area contributed by atoms with Gasteiger partial charge in [0, 0.05) is 144 Å². The summed E-state index contributed by atoms with van der Waals surface area (Å²) in [5.41, 5.74) is 36.7. The molecule has 0 unspecified atom stereocenters. The number of aryl methyl sites for hydroxylation is 8. The molecule has 14 nitrogen and oxygen atoms in total. The molecule has 662 valence electrons. The van der Waals surface area contributed by atoms with Crippen LogP contribution in [-0.2, 0) is 56.4 Å². The molecule has 27 aromatic rings. The van der Waals surface area contributed by atoms with Crippen LogP contribution in [0.3, 0.4) is 0 Å². The number of hydrogen-bond acceptors (Lipinski definition) is 10. The molecule has 18 heteroatoms. The highest BCUT2D eigenvalue weighted by Crippen LogP contribution is 2.50. The summed E-state index contributed by atoms with van der Waals surface area (Å²) in [5.74, 6) is 1.93. The Kier molecular flexibility index (Phi) is 20.4. The van der Waals surface area contributed by atoms with E-state index in [0.717, 1.165) is 109 Å². The molecule has 0 N–H and O–H groups in total. The van der Waals surface area contributed by atoms with Gasteiger partial charge in [-0.2, -0.15) is 0 Å². The summed E-state index contributed by atoms with van der Waals surface area (Å²) in [6.07, 6.45) is 8.78. The van der Waals surface area contributed by atoms with Crippen molar-refractivity contribution < 1.29 is 0 Å². The molecule has 0 atom stereocenters. The molecule has 0 amide bonds. The van der Waals surface area contributed by atoms with E-state index >= 15 is 0 Å². The normalized spacial score (nSPS) is 12.0. The maximum atomic E-state index is 5.14. The molecule has 0 saturated heterocycles. The lowest BCUT2D eigenvalue weighted by molar-refractivity contribution is 0.949. The van der Waals surface area contributed by atoms with Crippen molar-refractivity contribution in [2.75, 3.05) is 0 Å². The van der Waals surface area contributed by atoms with E-state index in [9.17, 15) is 0 Å². The van der Waals surface area contributed by atoms with Gasteiger partial charge >= 0.3 is 0 Å². The summed E-state index contributed by atoms with van der Waals surface area (Å²) in [6.45, 7) is 0. The number of benzene rings is 15. The van der Waals surface area contributed by atoms with Crippen molar-refractivity contribution in [3.05, 3.63) is 385 Å². The van der Waals surface area contributed by atoms with Crippen LogP contribution in [0.15, 0.2) is 364 Å². The van der Waals surface area contributed by atoms with E-state index in [0.29, 0.717) is 0 Å². The van der Waals surface area contributed by atoms with Crippen molar-refractivity contribution >= 4 is 198 Å². The van der Waals surface area contributed by atoms with Crippen molar-refractivity contribution in [3.63, 3.8) is 0 Å². The molecule has 0 aliphatic heterocycles. The first-order valence-electron chi connectivity index (χ1n) is 46.2. The summed E-state index contributed by atoms with van der Waals surface area (Å²) < 4.78 is 23.1. The van der Waals surface area contributed by atoms with Crippen molar-refractivity contribution in [1.82, 2.24) is 66.4 Å². The summed E-state index contributed by atoms with van der Waals surface area (Å²) in [5, 5.41) is 11.4. The summed E-state index contributed by atoms with van der Waals surface area (Å²) in [7, 11) is 17.2. The second-order valence-electron chi connectivity index (χ2n) is 35.3. The Hall–Kier alpha value is -16.5. The molecular weight excluding hydrogens is 1770 g/mol. The van der Waals surface area contributed by atoms with Gasteiger partial charge in [-0.15, -0.1) is 45.3 Å². The first kappa shape index (κ1) is 83.4. The minimum absolute atomic E-state index is 0.967. The molecule has 15 aromatic carbocycles. The van der Waals surface area contributed by atoms with Crippen LogP contribution in [0, 0.1) is 0 Å². The Morgan fingerprint density at radius 3 is 0.703 bits per heavy atom. The second-order valence-corrected chi connectivity index (χ2v) is 39.4. The van der Waals surface area contributed by atoms with Crippen LogP contribution in [0.2, 0.25) is 0 Å². The van der Waals surface area contributed by atoms with Crippen LogP contribution in [0.1, 0.15) is 21.1 Å². The highest BCUT2D eigenvalue weighted by atomic mass is 32.1. The monoisotopic (exact) mass is 1850 g/mol. The molecule has 27 rings (SSSR count). The smallest absolute Gasteiger partial charge is 0.143 e. The van der Waals surface area contributed by atoms with E-state index < -0.39 is 0 Å². The van der Waals surface area contributed by atoms with Crippen LogP contribution in [0.4, 0.5) is 0 Å². The predicted molar refractivity (Wildman–Crippen MR) is 585 cm³/mol. The maximum absolute atomic E-state index is 5.14. The molecule has 0 aliphatic carbocycles. The zero-order chi connectivity index (χ0) is 92.7. The molecule has 0 spiro atoms. The van der Waals surface area contributed by atoms with Gasteiger partial charge in [0.25, 0.3) is 0 Å². The number of nitrogens with zero attached hydrogens (tertiary/aromatic N) is 14. The topological polar surface area (TPSA) is 117 Å². The first-order valence-corrected chi connectivity index (χ1v) is 49.5. The highest BCUT2D eigenvalue weighted by Gasteiger charge is 2.30. The molecular formula is C120H88N14S4. The van der Waals surface area contributed by atoms with Crippen molar-refractivity contribution in [1.29, 1.82) is 0 Å². The minimum Gasteiger partial charge on any atom is -0.343 e. The number of hydrogen-bond donors (Lipinski definition) is 0. The maximum Gasteiger partial charge on any atom is 0.143 e. The highest BCUT2D eigenvalue weighted by molar-refractivity contribution is 7.22. The SMILES string of the molecule is Cn1c(-c2c(-c3ccc(-c4c(-c5nc6ccccc6n5C)c5ccccc5n4C)cc3)n(C)c3ccccc23)nc2ccccc21.Cn1c(-c2ccc(-c3c(-c4nc5ccccc5s4)c4ccccc4n3C)cc2)c(-c2nc3ccccc3s2)c2ccccc21.Cn1c(-c2ccc(-c3c(/C=C/c4nc5ccccc5s4)c4ccccc4n3C)cc2)c(/C=C/c2nc3ccccc3s2)c2ccccc21. The standard InChI is InChI=1S/C42H30N4S2.C40H32N6.C38H26N4S2/c1-45-35-15-7-3-11-29(35)31(23-25-39-43-33-13-5-9-17-37(33)47-39)41(45)27-19-21-28(22-20-27)42-32(30-12-4-8-16-36(30)46(42)2)24-26-40-44-34-14-6-10-18-38(34)48-40;1-43-31-17-9-5-13-27(31)35(39-41-29-15-7-11-19-33(29)45(39)3)37(43)25-21-23-26(24-22-25)38-36(28-14-6-10-18-32(28)44(38)2)40-42-30-16-8-12-20-34(30)46(40)4;1-41-29-15-7-3-11-25(29)33(37-39-27-13-5-9-17-31(27)43-37)35(41)23-19-21-24(22-20-23)36-34(26-12-4-8-16-30(26)42(36)2)38-40-28-14-6-10-18-32(28)44-38/h3-26H,1-2H3;5-24H,1-4H3;3-22H,1-2H3/b25-23+,26-24+;;. The Morgan fingerprint density at radius 1 is 0.181 bits per heavy atom. The van der Waals surface area contributed by atoms with Crippen LogP contribution in [0.25, 0.3) is 264 Å². The number of imidazole rings is 2. The molecule has 0 bridgehead atoms. The van der Waals surface area contributed by atoms with Gasteiger partial charge in [-0.1, -0.05) is 255 Å². The lowest BCUT2D eigenvalue weighted by atomic mass is 10.00. The van der Waals surface area contributed by atoms with E-state index in [1.807, 2.05) is 12.1 Å². The minimum atomic E-state index is 0.967. The third-order valence-corrected chi connectivity index (χ3v) is 31.6. The Balaban J connectivity index is 0.000000110. The average molecular weight is 1850 g/mol. The van der Waals surface area contributed by atoms with E-state index in [1.54, 1.807) is 45.3 Å². The number of thiazole rings is 4. The molecule has 0 fully saturated rings. The second kappa shape index (κ2) is 33.9. The van der Waals surface area contributed by atoms with Crippen molar-refractivity contribution in [2.45, 2.75) is 0 Å². The van der Waals surface area contributed by atoms with E-state index in [1.165, 1.54) is 152 Å². The van der Waals surface area contributed by atoms with Gasteiger partial charge in [0.2, 0.25) is 0 Å². The molecule has 12 aromatic heterocycles.